The Bertz CT molecular complexity index is 581. The molecule has 0 aliphatic carbocycles. The summed E-state index contributed by atoms with van der Waals surface area (Å²) in [4.78, 5) is 12.2. The van der Waals surface area contributed by atoms with E-state index in [0.717, 1.165) is 17.4 Å². The minimum Gasteiger partial charge on any atom is -0.294 e. The van der Waals surface area contributed by atoms with Crippen molar-refractivity contribution in [2.75, 3.05) is 0 Å². The minimum atomic E-state index is -1.02. The van der Waals surface area contributed by atoms with Crippen molar-refractivity contribution >= 4 is 24.6 Å². The van der Waals surface area contributed by atoms with Crippen molar-refractivity contribution in [1.29, 1.82) is 0 Å². The fraction of sp³-hybridized carbons (Fsp3) is 0.353. The lowest BCUT2D eigenvalue weighted by atomic mass is 10.0. The number of hydrogen-bond acceptors (Lipinski definition) is 1. The number of hydrogen-bond donors (Lipinski definition) is 0. The summed E-state index contributed by atoms with van der Waals surface area (Å²) in [6, 6.07) is 15.4. The summed E-state index contributed by atoms with van der Waals surface area (Å²) < 4.78 is 0. The number of rotatable bonds is 5. The summed E-state index contributed by atoms with van der Waals surface area (Å²) in [6.07, 6.45) is 1.71. The van der Waals surface area contributed by atoms with Crippen LogP contribution in [-0.4, -0.2) is 13.9 Å². The quantitative estimate of drug-likeness (QED) is 0.543. The third kappa shape index (κ3) is 4.03. The molecule has 100 valence electrons. The van der Waals surface area contributed by atoms with E-state index in [2.05, 4.69) is 31.8 Å². The van der Waals surface area contributed by atoms with Gasteiger partial charge in [0.15, 0.2) is 5.78 Å². The second-order valence-corrected chi connectivity index (χ2v) is 12.0. The van der Waals surface area contributed by atoms with Crippen LogP contribution in [0.15, 0.2) is 42.5 Å². The van der Waals surface area contributed by atoms with Crippen LogP contribution in [-0.2, 0) is 0 Å². The standard InChI is InChI=1S/C17H22OSi/c1-19(2,3)12-6-9-17(18)16-11-10-14-7-4-5-8-15(14)13-16/h4-5,7-8,10-11,13H,6,9,12H2,1-3H3. The molecule has 0 amide bonds. The molecule has 0 saturated heterocycles. The predicted molar refractivity (Wildman–Crippen MR) is 85.7 cm³/mol. The number of ketones is 1. The average molecular weight is 270 g/mol. The molecule has 0 spiro atoms. The fourth-order valence-corrected chi connectivity index (χ4v) is 3.52. The Morgan fingerprint density at radius 2 is 1.68 bits per heavy atom. The Hall–Kier alpha value is -1.41. The number of carbonyl (C=O) groups is 1. The molecular formula is C17H22OSi. The smallest absolute Gasteiger partial charge is 0.162 e. The molecule has 0 unspecified atom stereocenters. The zero-order valence-corrected chi connectivity index (χ0v) is 13.1. The van der Waals surface area contributed by atoms with Crippen LogP contribution in [0.4, 0.5) is 0 Å². The fourth-order valence-electron chi connectivity index (χ4n) is 2.29. The van der Waals surface area contributed by atoms with Crippen LogP contribution >= 0.6 is 0 Å². The summed E-state index contributed by atoms with van der Waals surface area (Å²) in [5, 5.41) is 2.35. The molecule has 0 N–H and O–H groups in total. The molecule has 0 bridgehead atoms. The Labute approximate surface area is 116 Å². The third-order valence-electron chi connectivity index (χ3n) is 3.40. The van der Waals surface area contributed by atoms with Crippen LogP contribution in [0.25, 0.3) is 10.8 Å². The normalized spacial score (nSPS) is 11.7. The van der Waals surface area contributed by atoms with E-state index in [1.54, 1.807) is 0 Å². The van der Waals surface area contributed by atoms with Gasteiger partial charge in [0.05, 0.1) is 0 Å². The molecule has 0 aliphatic heterocycles. The number of fused-ring (bicyclic) bond motifs is 1. The minimum absolute atomic E-state index is 0.281. The van der Waals surface area contributed by atoms with E-state index in [1.165, 1.54) is 11.4 Å². The molecule has 0 fully saturated rings. The highest BCUT2D eigenvalue weighted by Gasteiger charge is 2.14. The maximum Gasteiger partial charge on any atom is 0.162 e. The maximum absolute atomic E-state index is 12.2. The van der Waals surface area contributed by atoms with Gasteiger partial charge in [0.25, 0.3) is 0 Å². The predicted octanol–water partition coefficient (Wildman–Crippen LogP) is 5.14. The second kappa shape index (κ2) is 5.70. The van der Waals surface area contributed by atoms with Gasteiger partial charge in [-0.05, 0) is 23.3 Å². The van der Waals surface area contributed by atoms with Crippen molar-refractivity contribution in [1.82, 2.24) is 0 Å². The summed E-state index contributed by atoms with van der Waals surface area (Å²) in [7, 11) is -1.02. The van der Waals surface area contributed by atoms with Gasteiger partial charge in [-0.2, -0.15) is 0 Å². The van der Waals surface area contributed by atoms with Crippen LogP contribution < -0.4 is 0 Å². The molecule has 0 aromatic heterocycles. The first-order valence-corrected chi connectivity index (χ1v) is 10.7. The first kappa shape index (κ1) is 14.0. The molecule has 0 heterocycles. The molecule has 1 nitrogen and oxygen atoms in total. The number of Topliss-reactive ketones (excluding diaryl/α,β-unsaturated/α-hetero) is 1. The van der Waals surface area contributed by atoms with Crippen LogP contribution in [0.1, 0.15) is 23.2 Å². The molecule has 2 rings (SSSR count). The topological polar surface area (TPSA) is 17.1 Å². The van der Waals surface area contributed by atoms with Gasteiger partial charge in [-0.1, -0.05) is 62.1 Å². The van der Waals surface area contributed by atoms with Crippen molar-refractivity contribution in [3.05, 3.63) is 48.0 Å². The summed E-state index contributed by atoms with van der Waals surface area (Å²) in [5.74, 6) is 0.281. The molecular weight excluding hydrogens is 248 g/mol. The number of carbonyl (C=O) groups excluding carboxylic acids is 1. The molecule has 2 aromatic rings. The van der Waals surface area contributed by atoms with E-state index in [9.17, 15) is 4.79 Å². The molecule has 2 heteroatoms. The van der Waals surface area contributed by atoms with Gasteiger partial charge < -0.3 is 0 Å². The molecule has 2 aromatic carbocycles. The number of benzene rings is 2. The molecule has 0 radical (unpaired) electrons. The molecule has 19 heavy (non-hydrogen) atoms. The van der Waals surface area contributed by atoms with Crippen LogP contribution in [0, 0.1) is 0 Å². The van der Waals surface area contributed by atoms with Gasteiger partial charge in [-0.3, -0.25) is 4.79 Å². The molecule has 0 aliphatic rings. The van der Waals surface area contributed by atoms with Crippen molar-refractivity contribution < 1.29 is 4.79 Å². The zero-order valence-electron chi connectivity index (χ0n) is 12.1. The third-order valence-corrected chi connectivity index (χ3v) is 5.26. The van der Waals surface area contributed by atoms with E-state index in [-0.39, 0.29) is 5.78 Å². The summed E-state index contributed by atoms with van der Waals surface area (Å²) in [6.45, 7) is 7.06. The van der Waals surface area contributed by atoms with E-state index in [4.69, 9.17) is 0 Å². The lowest BCUT2D eigenvalue weighted by Crippen LogP contribution is -2.19. The SMILES string of the molecule is C[Si](C)(C)CCCC(=O)c1ccc2ccccc2c1. The zero-order chi connectivity index (χ0) is 13.9. The lowest BCUT2D eigenvalue weighted by molar-refractivity contribution is 0.0982. The van der Waals surface area contributed by atoms with Gasteiger partial charge in [0, 0.05) is 20.1 Å². The highest BCUT2D eigenvalue weighted by molar-refractivity contribution is 6.76. The van der Waals surface area contributed by atoms with Gasteiger partial charge >= 0.3 is 0 Å². The van der Waals surface area contributed by atoms with Crippen LogP contribution in [0.5, 0.6) is 0 Å². The van der Waals surface area contributed by atoms with Crippen molar-refractivity contribution in [2.24, 2.45) is 0 Å². The van der Waals surface area contributed by atoms with E-state index in [1.807, 2.05) is 30.3 Å². The van der Waals surface area contributed by atoms with E-state index < -0.39 is 8.07 Å². The molecule has 0 atom stereocenters. The van der Waals surface area contributed by atoms with Gasteiger partial charge in [-0.25, -0.2) is 0 Å². The Balaban J connectivity index is 2.05. The lowest BCUT2D eigenvalue weighted by Gasteiger charge is -2.14. The van der Waals surface area contributed by atoms with Crippen molar-refractivity contribution in [3.8, 4) is 0 Å². The van der Waals surface area contributed by atoms with E-state index in [0.29, 0.717) is 6.42 Å². The van der Waals surface area contributed by atoms with Crippen molar-refractivity contribution in [2.45, 2.75) is 38.5 Å². The Morgan fingerprint density at radius 3 is 2.37 bits per heavy atom. The van der Waals surface area contributed by atoms with Crippen LogP contribution in [0.2, 0.25) is 25.7 Å². The maximum atomic E-state index is 12.2. The summed E-state index contributed by atoms with van der Waals surface area (Å²) in [5.41, 5.74) is 0.856. The van der Waals surface area contributed by atoms with Gasteiger partial charge in [0.2, 0.25) is 0 Å². The Kier molecular flexibility index (Phi) is 4.20. The van der Waals surface area contributed by atoms with Gasteiger partial charge in [0.1, 0.15) is 0 Å². The van der Waals surface area contributed by atoms with Crippen molar-refractivity contribution in [3.63, 3.8) is 0 Å². The summed E-state index contributed by atoms with van der Waals surface area (Å²) >= 11 is 0. The highest BCUT2D eigenvalue weighted by Crippen LogP contribution is 2.19. The molecule has 0 saturated carbocycles. The highest BCUT2D eigenvalue weighted by atomic mass is 28.3. The average Bonchev–Trinajstić information content (AvgIpc) is 2.36. The second-order valence-electron chi connectivity index (χ2n) is 6.40. The van der Waals surface area contributed by atoms with Gasteiger partial charge in [-0.15, -0.1) is 0 Å². The first-order chi connectivity index (χ1) is 8.96. The largest absolute Gasteiger partial charge is 0.294 e. The first-order valence-electron chi connectivity index (χ1n) is 6.98. The Morgan fingerprint density at radius 1 is 1.00 bits per heavy atom. The monoisotopic (exact) mass is 270 g/mol. The van der Waals surface area contributed by atoms with Crippen LogP contribution in [0.3, 0.4) is 0 Å². The van der Waals surface area contributed by atoms with E-state index >= 15 is 0 Å².